The number of rotatable bonds is 8. The number of nitrogens with one attached hydrogen (secondary N) is 1. The Bertz CT molecular complexity index is 718. The van der Waals surface area contributed by atoms with Crippen molar-refractivity contribution in [2.24, 2.45) is 5.92 Å². The lowest BCUT2D eigenvalue weighted by Gasteiger charge is -2.44. The van der Waals surface area contributed by atoms with Crippen LogP contribution in [-0.2, 0) is 4.79 Å². The van der Waals surface area contributed by atoms with Crippen LogP contribution in [0.3, 0.4) is 0 Å². The maximum Gasteiger partial charge on any atom is 0.224 e. The quantitative estimate of drug-likeness (QED) is 0.761. The molecule has 5 heteroatoms. The zero-order valence-electron chi connectivity index (χ0n) is 17.1. The summed E-state index contributed by atoms with van der Waals surface area (Å²) in [4.78, 5) is 15.1. The van der Waals surface area contributed by atoms with Crippen molar-refractivity contribution >= 4 is 5.91 Å². The fourth-order valence-corrected chi connectivity index (χ4v) is 3.93. The molecule has 0 aliphatic heterocycles. The molecule has 0 saturated heterocycles. The summed E-state index contributed by atoms with van der Waals surface area (Å²) >= 11 is 0. The lowest BCUT2D eigenvalue weighted by atomic mass is 9.59. The van der Waals surface area contributed by atoms with E-state index >= 15 is 0 Å². The van der Waals surface area contributed by atoms with Crippen LogP contribution in [0.4, 0.5) is 0 Å². The molecule has 1 aliphatic carbocycles. The number of hydrogen-bond acceptors (Lipinski definition) is 4. The van der Waals surface area contributed by atoms with E-state index in [2.05, 4.69) is 34.5 Å². The maximum atomic E-state index is 13.0. The normalized spacial score (nSPS) is 21.1. The molecular weight excluding hydrogens is 352 g/mol. The van der Waals surface area contributed by atoms with Crippen LogP contribution in [0.5, 0.6) is 11.5 Å². The molecule has 5 nitrogen and oxygen atoms in total. The zero-order chi connectivity index (χ0) is 20.1. The van der Waals surface area contributed by atoms with Gasteiger partial charge in [0.15, 0.2) is 0 Å². The molecule has 0 spiro atoms. The summed E-state index contributed by atoms with van der Waals surface area (Å²) in [5, 5.41) is 3.13. The fourth-order valence-electron chi connectivity index (χ4n) is 3.93. The van der Waals surface area contributed by atoms with E-state index in [1.54, 1.807) is 14.2 Å². The third kappa shape index (κ3) is 4.47. The van der Waals surface area contributed by atoms with Gasteiger partial charge in [-0.1, -0.05) is 24.3 Å². The standard InChI is InChI=1S/C23H30N2O3/c1-25(2)14-13-24-23(26)22-20(16-5-9-18(27-3)10-6-16)15-21(22)17-7-11-19(28-4)12-8-17/h5-12,20-22H,13-15H2,1-4H3,(H,24,26)/t20-,21+,22?. The largest absolute Gasteiger partial charge is 0.497 e. The van der Waals surface area contributed by atoms with E-state index in [0.717, 1.165) is 24.5 Å². The number of ether oxygens (including phenoxy) is 2. The Kier molecular flexibility index (Phi) is 6.57. The summed E-state index contributed by atoms with van der Waals surface area (Å²) in [5.41, 5.74) is 2.39. The van der Waals surface area contributed by atoms with Gasteiger partial charge in [0.1, 0.15) is 11.5 Å². The highest BCUT2D eigenvalue weighted by atomic mass is 16.5. The molecule has 0 bridgehead atoms. The number of carbonyl (C=O) groups excluding carboxylic acids is 1. The van der Waals surface area contributed by atoms with E-state index in [1.807, 2.05) is 38.4 Å². The lowest BCUT2D eigenvalue weighted by Crippen LogP contribution is -2.46. The molecule has 150 valence electrons. The van der Waals surface area contributed by atoms with Gasteiger partial charge >= 0.3 is 0 Å². The van der Waals surface area contributed by atoms with E-state index in [9.17, 15) is 4.79 Å². The SMILES string of the molecule is COc1ccc([C@H]2C[C@@H](c3ccc(OC)cc3)C2C(=O)NCCN(C)C)cc1. The van der Waals surface area contributed by atoms with Crippen molar-refractivity contribution in [3.63, 3.8) is 0 Å². The average Bonchev–Trinajstić information content (AvgIpc) is 2.68. The number of hydrogen-bond donors (Lipinski definition) is 1. The topological polar surface area (TPSA) is 50.8 Å². The summed E-state index contributed by atoms with van der Waals surface area (Å²) in [6.07, 6.45) is 0.963. The van der Waals surface area contributed by atoms with Crippen LogP contribution in [0.1, 0.15) is 29.4 Å². The highest BCUT2D eigenvalue weighted by Gasteiger charge is 2.46. The Morgan fingerprint density at radius 3 is 1.79 bits per heavy atom. The molecule has 1 N–H and O–H groups in total. The summed E-state index contributed by atoms with van der Waals surface area (Å²) in [7, 11) is 7.35. The molecule has 3 atom stereocenters. The molecular formula is C23H30N2O3. The third-order valence-electron chi connectivity index (χ3n) is 5.62. The predicted molar refractivity (Wildman–Crippen MR) is 111 cm³/mol. The third-order valence-corrected chi connectivity index (χ3v) is 5.62. The second-order valence-electron chi connectivity index (χ2n) is 7.62. The van der Waals surface area contributed by atoms with Crippen LogP contribution < -0.4 is 14.8 Å². The number of carbonyl (C=O) groups is 1. The van der Waals surface area contributed by atoms with Crippen molar-refractivity contribution in [3.8, 4) is 11.5 Å². The van der Waals surface area contributed by atoms with E-state index in [4.69, 9.17) is 9.47 Å². The number of likely N-dealkylation sites (N-methyl/N-ethyl adjacent to an activating group) is 1. The van der Waals surface area contributed by atoms with Crippen LogP contribution in [0.15, 0.2) is 48.5 Å². The van der Waals surface area contributed by atoms with E-state index in [1.165, 1.54) is 11.1 Å². The maximum absolute atomic E-state index is 13.0. The van der Waals surface area contributed by atoms with E-state index < -0.39 is 0 Å². The van der Waals surface area contributed by atoms with E-state index in [-0.39, 0.29) is 23.7 Å². The first-order chi connectivity index (χ1) is 13.5. The van der Waals surface area contributed by atoms with Gasteiger partial charge in [0.05, 0.1) is 20.1 Å². The number of nitrogens with zero attached hydrogens (tertiary/aromatic N) is 1. The molecule has 2 aromatic carbocycles. The first kappa shape index (κ1) is 20.2. The smallest absolute Gasteiger partial charge is 0.224 e. The second-order valence-corrected chi connectivity index (χ2v) is 7.62. The summed E-state index contributed by atoms with van der Waals surface area (Å²) in [6.45, 7) is 1.49. The molecule has 2 aromatic rings. The Balaban J connectivity index is 1.78. The van der Waals surface area contributed by atoms with Crippen LogP contribution in [0.25, 0.3) is 0 Å². The Hall–Kier alpha value is -2.53. The van der Waals surface area contributed by atoms with Crippen molar-refractivity contribution in [2.75, 3.05) is 41.4 Å². The molecule has 1 aliphatic rings. The van der Waals surface area contributed by atoms with Gasteiger partial charge in [0, 0.05) is 13.1 Å². The predicted octanol–water partition coefficient (Wildman–Crippen LogP) is 3.27. The van der Waals surface area contributed by atoms with Crippen LogP contribution in [-0.4, -0.2) is 52.2 Å². The van der Waals surface area contributed by atoms with Crippen LogP contribution >= 0.6 is 0 Å². The van der Waals surface area contributed by atoms with Crippen molar-refractivity contribution in [3.05, 3.63) is 59.7 Å². The van der Waals surface area contributed by atoms with Crippen LogP contribution in [0.2, 0.25) is 0 Å². The molecule has 1 amide bonds. The van der Waals surface area contributed by atoms with Crippen molar-refractivity contribution in [1.82, 2.24) is 10.2 Å². The second kappa shape index (κ2) is 9.11. The number of amides is 1. The van der Waals surface area contributed by atoms with E-state index in [0.29, 0.717) is 6.54 Å². The van der Waals surface area contributed by atoms with Gasteiger partial charge in [0.2, 0.25) is 5.91 Å². The summed E-state index contributed by atoms with van der Waals surface area (Å²) < 4.78 is 10.5. The van der Waals surface area contributed by atoms with Gasteiger partial charge in [-0.3, -0.25) is 4.79 Å². The lowest BCUT2D eigenvalue weighted by molar-refractivity contribution is -0.129. The number of methoxy groups -OCH3 is 2. The van der Waals surface area contributed by atoms with Crippen molar-refractivity contribution in [2.45, 2.75) is 18.3 Å². The molecule has 0 radical (unpaired) electrons. The Morgan fingerprint density at radius 1 is 0.929 bits per heavy atom. The summed E-state index contributed by atoms with van der Waals surface area (Å²) in [6, 6.07) is 16.2. The summed E-state index contributed by atoms with van der Waals surface area (Å²) in [5.74, 6) is 2.18. The van der Waals surface area contributed by atoms with Gasteiger partial charge < -0.3 is 19.7 Å². The Labute approximate surface area is 167 Å². The minimum absolute atomic E-state index is 0.0658. The molecule has 1 fully saturated rings. The van der Waals surface area contributed by atoms with Gasteiger partial charge in [-0.2, -0.15) is 0 Å². The molecule has 0 heterocycles. The van der Waals surface area contributed by atoms with Crippen molar-refractivity contribution in [1.29, 1.82) is 0 Å². The zero-order valence-corrected chi connectivity index (χ0v) is 17.1. The molecule has 28 heavy (non-hydrogen) atoms. The molecule has 3 rings (SSSR count). The minimum atomic E-state index is -0.0658. The Morgan fingerprint density at radius 2 is 1.39 bits per heavy atom. The number of benzene rings is 2. The highest BCUT2D eigenvalue weighted by Crippen LogP contribution is 2.53. The van der Waals surface area contributed by atoms with Crippen LogP contribution in [0, 0.1) is 5.92 Å². The van der Waals surface area contributed by atoms with Gasteiger partial charge in [-0.15, -0.1) is 0 Å². The fraction of sp³-hybridized carbons (Fsp3) is 0.435. The minimum Gasteiger partial charge on any atom is -0.497 e. The van der Waals surface area contributed by atoms with Gasteiger partial charge in [-0.25, -0.2) is 0 Å². The first-order valence-electron chi connectivity index (χ1n) is 9.74. The van der Waals surface area contributed by atoms with Gasteiger partial charge in [-0.05, 0) is 67.7 Å². The molecule has 0 aromatic heterocycles. The van der Waals surface area contributed by atoms with Gasteiger partial charge in [0.25, 0.3) is 0 Å². The average molecular weight is 383 g/mol. The molecule has 1 unspecified atom stereocenters. The first-order valence-corrected chi connectivity index (χ1v) is 9.74. The molecule has 1 saturated carbocycles. The highest BCUT2D eigenvalue weighted by molar-refractivity contribution is 5.82. The van der Waals surface area contributed by atoms with Crippen molar-refractivity contribution < 1.29 is 14.3 Å². The monoisotopic (exact) mass is 382 g/mol.